The van der Waals surface area contributed by atoms with Crippen LogP contribution in [0.15, 0.2) is 60.7 Å². The van der Waals surface area contributed by atoms with Crippen LogP contribution in [-0.4, -0.2) is 32.5 Å². The molecule has 3 aromatic rings. The monoisotopic (exact) mass is 487 g/mol. The van der Waals surface area contributed by atoms with Crippen molar-refractivity contribution in [3.8, 4) is 0 Å². The molecule has 1 aliphatic rings. The molecule has 1 heterocycles. The fourth-order valence-electron chi connectivity index (χ4n) is 5.17. The maximum absolute atomic E-state index is 14.3. The summed E-state index contributed by atoms with van der Waals surface area (Å²) in [6.45, 7) is 6.34. The van der Waals surface area contributed by atoms with Gasteiger partial charge in [0.1, 0.15) is 5.82 Å². The summed E-state index contributed by atoms with van der Waals surface area (Å²) in [7, 11) is 3.94. The highest BCUT2D eigenvalue weighted by Crippen LogP contribution is 2.34. The van der Waals surface area contributed by atoms with Gasteiger partial charge in [-0.15, -0.1) is 0 Å². The Labute approximate surface area is 212 Å². The summed E-state index contributed by atoms with van der Waals surface area (Å²) in [5.41, 5.74) is 5.59. The van der Waals surface area contributed by atoms with E-state index in [2.05, 4.69) is 5.32 Å². The van der Waals surface area contributed by atoms with E-state index in [1.165, 1.54) is 6.07 Å². The van der Waals surface area contributed by atoms with Crippen LogP contribution < -0.4 is 15.1 Å². The van der Waals surface area contributed by atoms with Crippen LogP contribution in [0, 0.1) is 31.5 Å². The summed E-state index contributed by atoms with van der Waals surface area (Å²) in [5, 5.41) is 2.96. The van der Waals surface area contributed by atoms with Crippen molar-refractivity contribution in [1.29, 1.82) is 0 Å². The van der Waals surface area contributed by atoms with Crippen LogP contribution in [0.1, 0.15) is 40.4 Å². The minimum absolute atomic E-state index is 0.0733. The van der Waals surface area contributed by atoms with E-state index >= 15 is 0 Å². The highest BCUT2D eigenvalue weighted by Gasteiger charge is 2.34. The van der Waals surface area contributed by atoms with Crippen LogP contribution in [-0.2, 0) is 11.2 Å². The first-order valence-electron chi connectivity index (χ1n) is 12.4. The minimum atomic E-state index is -0.201. The lowest BCUT2D eigenvalue weighted by atomic mass is 9.84. The van der Waals surface area contributed by atoms with Crippen molar-refractivity contribution >= 4 is 28.9 Å². The number of aryl methyl sites for hydroxylation is 2. The number of amides is 2. The van der Waals surface area contributed by atoms with E-state index in [0.29, 0.717) is 24.1 Å². The molecule has 0 spiro atoms. The number of nitrogens with one attached hydrogen (secondary N) is 1. The first-order valence-corrected chi connectivity index (χ1v) is 12.4. The van der Waals surface area contributed by atoms with Gasteiger partial charge in [-0.25, -0.2) is 4.39 Å². The fraction of sp³-hybridized carbons (Fsp3) is 0.333. The number of hydrogen-bond donors (Lipinski definition) is 1. The van der Waals surface area contributed by atoms with Crippen molar-refractivity contribution in [3.05, 3.63) is 88.7 Å². The molecule has 3 aromatic carbocycles. The highest BCUT2D eigenvalue weighted by molar-refractivity contribution is 6.05. The lowest BCUT2D eigenvalue weighted by Gasteiger charge is -2.38. The van der Waals surface area contributed by atoms with Gasteiger partial charge in [0.25, 0.3) is 5.91 Å². The molecule has 6 heteroatoms. The van der Waals surface area contributed by atoms with E-state index in [4.69, 9.17) is 0 Å². The number of anilines is 3. The highest BCUT2D eigenvalue weighted by atomic mass is 19.1. The Kier molecular flexibility index (Phi) is 7.43. The summed E-state index contributed by atoms with van der Waals surface area (Å²) in [6.07, 6.45) is 1.32. The lowest BCUT2D eigenvalue weighted by molar-refractivity contribution is -0.124. The first kappa shape index (κ1) is 25.4. The molecular weight excluding hydrogens is 453 g/mol. The van der Waals surface area contributed by atoms with Gasteiger partial charge in [0, 0.05) is 49.2 Å². The van der Waals surface area contributed by atoms with Crippen LogP contribution in [0.5, 0.6) is 0 Å². The average Bonchev–Trinajstić information content (AvgIpc) is 2.83. The number of rotatable bonds is 6. The van der Waals surface area contributed by atoms with Gasteiger partial charge in [-0.3, -0.25) is 9.59 Å². The number of carbonyl (C=O) groups excluding carboxylic acids is 2. The van der Waals surface area contributed by atoms with Crippen molar-refractivity contribution in [3.63, 3.8) is 0 Å². The van der Waals surface area contributed by atoms with E-state index in [0.717, 1.165) is 34.6 Å². The van der Waals surface area contributed by atoms with Crippen molar-refractivity contribution < 1.29 is 14.0 Å². The van der Waals surface area contributed by atoms with Crippen molar-refractivity contribution in [2.24, 2.45) is 11.8 Å². The SMILES string of the molecule is Cc1cc(C(=O)Nc2ccc(N(C)C)cc2)cc(C)c1N1C[C@@H](Cc2ccccc2F)C[C@@H](C)C1=O. The molecule has 1 saturated heterocycles. The first-order chi connectivity index (χ1) is 17.1. The molecule has 5 nitrogen and oxygen atoms in total. The average molecular weight is 488 g/mol. The van der Waals surface area contributed by atoms with Gasteiger partial charge in [0.05, 0.1) is 0 Å². The van der Waals surface area contributed by atoms with Gasteiger partial charge in [-0.1, -0.05) is 25.1 Å². The molecule has 0 aromatic heterocycles. The van der Waals surface area contributed by atoms with Crippen molar-refractivity contribution in [2.45, 2.75) is 33.6 Å². The van der Waals surface area contributed by atoms with Crippen molar-refractivity contribution in [2.75, 3.05) is 35.8 Å². The Bertz CT molecular complexity index is 1250. The van der Waals surface area contributed by atoms with Crippen LogP contribution in [0.25, 0.3) is 0 Å². The van der Waals surface area contributed by atoms with Crippen LogP contribution >= 0.6 is 0 Å². The lowest BCUT2D eigenvalue weighted by Crippen LogP contribution is -2.46. The van der Waals surface area contributed by atoms with Gasteiger partial charge < -0.3 is 15.1 Å². The maximum Gasteiger partial charge on any atom is 0.255 e. The molecule has 1 fully saturated rings. The number of benzene rings is 3. The maximum atomic E-state index is 14.3. The normalized spacial score (nSPS) is 17.7. The van der Waals surface area contributed by atoms with Crippen LogP contribution in [0.2, 0.25) is 0 Å². The molecule has 36 heavy (non-hydrogen) atoms. The molecule has 4 rings (SSSR count). The van der Waals surface area contributed by atoms with Crippen LogP contribution in [0.4, 0.5) is 21.5 Å². The number of piperidine rings is 1. The van der Waals surface area contributed by atoms with Gasteiger partial charge in [-0.05, 0) is 91.8 Å². The summed E-state index contributed by atoms with van der Waals surface area (Å²) in [4.78, 5) is 30.0. The minimum Gasteiger partial charge on any atom is -0.378 e. The number of halogens is 1. The molecular formula is C30H34FN3O2. The van der Waals surface area contributed by atoms with Crippen molar-refractivity contribution in [1.82, 2.24) is 0 Å². The Balaban J connectivity index is 1.54. The molecule has 1 aliphatic heterocycles. The predicted molar refractivity (Wildman–Crippen MR) is 144 cm³/mol. The molecule has 1 N–H and O–H groups in total. The molecule has 0 unspecified atom stereocenters. The molecule has 2 amide bonds. The van der Waals surface area contributed by atoms with Gasteiger partial charge in [0.2, 0.25) is 5.91 Å². The Morgan fingerprint density at radius 2 is 1.69 bits per heavy atom. The molecule has 0 bridgehead atoms. The summed E-state index contributed by atoms with van der Waals surface area (Å²) in [6, 6.07) is 18.2. The number of hydrogen-bond acceptors (Lipinski definition) is 3. The second-order valence-electron chi connectivity index (χ2n) is 10.1. The summed E-state index contributed by atoms with van der Waals surface area (Å²) >= 11 is 0. The van der Waals surface area contributed by atoms with E-state index in [1.54, 1.807) is 6.07 Å². The topological polar surface area (TPSA) is 52.7 Å². The third-order valence-corrected chi connectivity index (χ3v) is 6.95. The second kappa shape index (κ2) is 10.5. The Morgan fingerprint density at radius 3 is 2.31 bits per heavy atom. The number of carbonyl (C=O) groups is 2. The quantitative estimate of drug-likeness (QED) is 0.465. The van der Waals surface area contributed by atoms with E-state index < -0.39 is 0 Å². The zero-order valence-electron chi connectivity index (χ0n) is 21.6. The smallest absolute Gasteiger partial charge is 0.255 e. The third-order valence-electron chi connectivity index (χ3n) is 6.95. The van der Waals surface area contributed by atoms with E-state index in [1.807, 2.05) is 93.2 Å². The molecule has 2 atom stereocenters. The van der Waals surface area contributed by atoms with Gasteiger partial charge in [0.15, 0.2) is 0 Å². The standard InChI is InChI=1S/C30H34FN3O2/c1-19-15-24(29(35)32-25-10-12-26(13-11-25)33(4)5)16-20(2)28(19)34-18-22(14-21(3)30(34)36)17-23-8-6-7-9-27(23)31/h6-13,15-16,21-22H,14,17-18H2,1-5H3,(H,32,35)/t21-,22-/m1/s1. The third kappa shape index (κ3) is 5.43. The van der Waals surface area contributed by atoms with Gasteiger partial charge in [-0.2, -0.15) is 0 Å². The summed E-state index contributed by atoms with van der Waals surface area (Å²) in [5.74, 6) is -0.318. The zero-order valence-corrected chi connectivity index (χ0v) is 21.6. The Morgan fingerprint density at radius 1 is 1.06 bits per heavy atom. The van der Waals surface area contributed by atoms with Crippen LogP contribution in [0.3, 0.4) is 0 Å². The molecule has 0 aliphatic carbocycles. The molecule has 0 radical (unpaired) electrons. The molecule has 188 valence electrons. The zero-order chi connectivity index (χ0) is 26.0. The fourth-order valence-corrected chi connectivity index (χ4v) is 5.17. The summed E-state index contributed by atoms with van der Waals surface area (Å²) < 4.78 is 14.3. The largest absolute Gasteiger partial charge is 0.378 e. The Hall–Kier alpha value is -3.67. The second-order valence-corrected chi connectivity index (χ2v) is 10.1. The predicted octanol–water partition coefficient (Wildman–Crippen LogP) is 5.99. The van der Waals surface area contributed by atoms with E-state index in [9.17, 15) is 14.0 Å². The number of nitrogens with zero attached hydrogens (tertiary/aromatic N) is 2. The molecule has 0 saturated carbocycles. The van der Waals surface area contributed by atoms with E-state index in [-0.39, 0.29) is 29.5 Å². The van der Waals surface area contributed by atoms with Gasteiger partial charge >= 0.3 is 0 Å².